The van der Waals surface area contributed by atoms with Crippen LogP contribution in [0, 0.1) is 5.92 Å². The maximum absolute atomic E-state index is 6.25. The van der Waals surface area contributed by atoms with Crippen LogP contribution < -0.4 is 10.2 Å². The predicted molar refractivity (Wildman–Crippen MR) is 90.1 cm³/mol. The molecule has 21 heavy (non-hydrogen) atoms. The highest BCUT2D eigenvalue weighted by molar-refractivity contribution is 6.31. The topological polar surface area (TPSA) is 37.4 Å². The zero-order valence-corrected chi connectivity index (χ0v) is 14.6. The molecule has 0 aromatic carbocycles. The molecule has 0 radical (unpaired) electrons. The van der Waals surface area contributed by atoms with Gasteiger partial charge in [-0.1, -0.05) is 25.4 Å². The van der Waals surface area contributed by atoms with Gasteiger partial charge in [-0.2, -0.15) is 0 Å². The molecular formula is C16H28ClN3O. The van der Waals surface area contributed by atoms with Crippen LogP contribution in [-0.2, 0) is 11.3 Å². The fraction of sp³-hybridized carbons (Fsp3) is 0.688. The molecule has 0 aliphatic heterocycles. The number of methoxy groups -OCH3 is 1. The Morgan fingerprint density at radius 2 is 2.00 bits per heavy atom. The Labute approximate surface area is 133 Å². The maximum atomic E-state index is 6.25. The van der Waals surface area contributed by atoms with Gasteiger partial charge in [0, 0.05) is 26.2 Å². The van der Waals surface area contributed by atoms with E-state index in [1.807, 2.05) is 12.1 Å². The molecule has 0 aliphatic carbocycles. The van der Waals surface area contributed by atoms with Gasteiger partial charge >= 0.3 is 0 Å². The van der Waals surface area contributed by atoms with Crippen molar-refractivity contribution in [2.45, 2.75) is 40.3 Å². The van der Waals surface area contributed by atoms with Gasteiger partial charge in [0.15, 0.2) is 0 Å². The van der Waals surface area contributed by atoms with Crippen LogP contribution in [0.2, 0.25) is 5.02 Å². The summed E-state index contributed by atoms with van der Waals surface area (Å²) in [6.45, 7) is 11.8. The lowest BCUT2D eigenvalue weighted by Gasteiger charge is -2.28. The van der Waals surface area contributed by atoms with E-state index in [0.29, 0.717) is 30.1 Å². The molecule has 0 saturated carbocycles. The lowest BCUT2D eigenvalue weighted by molar-refractivity contribution is 0.203. The van der Waals surface area contributed by atoms with E-state index in [2.05, 4.69) is 37.9 Å². The Morgan fingerprint density at radius 3 is 2.57 bits per heavy atom. The minimum atomic E-state index is 0.366. The van der Waals surface area contributed by atoms with E-state index >= 15 is 0 Å². The molecule has 1 rings (SSSR count). The SMILES string of the molecule is COCCN(c1ccc(Cl)c(CNCC(C)C)n1)C(C)C. The van der Waals surface area contributed by atoms with Crippen molar-refractivity contribution in [3.05, 3.63) is 22.8 Å². The summed E-state index contributed by atoms with van der Waals surface area (Å²) >= 11 is 6.25. The second kappa shape index (κ2) is 9.23. The highest BCUT2D eigenvalue weighted by Gasteiger charge is 2.13. The molecule has 120 valence electrons. The largest absolute Gasteiger partial charge is 0.383 e. The third kappa shape index (κ3) is 6.20. The average Bonchev–Trinajstić information content (AvgIpc) is 2.41. The van der Waals surface area contributed by atoms with Gasteiger partial charge in [0.25, 0.3) is 0 Å². The zero-order valence-electron chi connectivity index (χ0n) is 13.8. The van der Waals surface area contributed by atoms with Gasteiger partial charge in [-0.3, -0.25) is 0 Å². The Balaban J connectivity index is 2.82. The van der Waals surface area contributed by atoms with Crippen molar-refractivity contribution in [3.63, 3.8) is 0 Å². The molecule has 0 saturated heterocycles. The second-order valence-corrected chi connectivity index (χ2v) is 6.31. The molecule has 0 fully saturated rings. The first kappa shape index (κ1) is 18.2. The van der Waals surface area contributed by atoms with Gasteiger partial charge in [0.2, 0.25) is 0 Å². The monoisotopic (exact) mass is 313 g/mol. The number of hydrogen-bond acceptors (Lipinski definition) is 4. The Kier molecular flexibility index (Phi) is 8.01. The molecule has 5 heteroatoms. The normalized spacial score (nSPS) is 11.4. The van der Waals surface area contributed by atoms with Crippen LogP contribution in [0.5, 0.6) is 0 Å². The maximum Gasteiger partial charge on any atom is 0.129 e. The summed E-state index contributed by atoms with van der Waals surface area (Å²) < 4.78 is 5.18. The zero-order chi connectivity index (χ0) is 15.8. The smallest absolute Gasteiger partial charge is 0.129 e. The van der Waals surface area contributed by atoms with Crippen LogP contribution in [0.3, 0.4) is 0 Å². The molecule has 1 heterocycles. The molecule has 1 aromatic heterocycles. The minimum absolute atomic E-state index is 0.366. The Bertz CT molecular complexity index is 424. The van der Waals surface area contributed by atoms with E-state index in [1.165, 1.54) is 0 Å². The van der Waals surface area contributed by atoms with Crippen LogP contribution in [0.15, 0.2) is 12.1 Å². The highest BCUT2D eigenvalue weighted by atomic mass is 35.5. The van der Waals surface area contributed by atoms with E-state index in [0.717, 1.165) is 24.6 Å². The number of aromatic nitrogens is 1. The van der Waals surface area contributed by atoms with Gasteiger partial charge < -0.3 is 15.0 Å². The molecule has 0 atom stereocenters. The number of hydrogen-bond donors (Lipinski definition) is 1. The number of rotatable bonds is 9. The third-order valence-corrected chi connectivity index (χ3v) is 3.55. The summed E-state index contributed by atoms with van der Waals surface area (Å²) in [5.74, 6) is 1.56. The van der Waals surface area contributed by atoms with Crippen molar-refractivity contribution in [2.24, 2.45) is 5.92 Å². The van der Waals surface area contributed by atoms with E-state index in [9.17, 15) is 0 Å². The third-order valence-electron chi connectivity index (χ3n) is 3.20. The molecule has 1 aromatic rings. The van der Waals surface area contributed by atoms with Crippen molar-refractivity contribution in [3.8, 4) is 0 Å². The minimum Gasteiger partial charge on any atom is -0.383 e. The average molecular weight is 314 g/mol. The first-order valence-corrected chi connectivity index (χ1v) is 7.95. The van der Waals surface area contributed by atoms with Gasteiger partial charge in [-0.15, -0.1) is 0 Å². The Morgan fingerprint density at radius 1 is 1.29 bits per heavy atom. The standard InChI is InChI=1S/C16H28ClN3O/c1-12(2)10-18-11-15-14(17)6-7-16(19-15)20(13(3)4)8-9-21-5/h6-7,12-13,18H,8-11H2,1-5H3. The number of anilines is 1. The molecule has 0 spiro atoms. The van der Waals surface area contributed by atoms with E-state index < -0.39 is 0 Å². The summed E-state index contributed by atoms with van der Waals surface area (Å²) in [6, 6.07) is 4.27. The Hall–Kier alpha value is -0.840. The molecule has 0 bridgehead atoms. The van der Waals surface area contributed by atoms with E-state index in [1.54, 1.807) is 7.11 Å². The molecular weight excluding hydrogens is 286 g/mol. The number of ether oxygens (including phenoxy) is 1. The number of nitrogens with zero attached hydrogens (tertiary/aromatic N) is 2. The number of pyridine rings is 1. The van der Waals surface area contributed by atoms with Gasteiger partial charge in [0.05, 0.1) is 17.3 Å². The molecule has 0 amide bonds. The quantitative estimate of drug-likeness (QED) is 0.758. The van der Waals surface area contributed by atoms with Crippen LogP contribution in [0.1, 0.15) is 33.4 Å². The van der Waals surface area contributed by atoms with E-state index in [-0.39, 0.29) is 0 Å². The number of halogens is 1. The summed E-state index contributed by atoms with van der Waals surface area (Å²) in [7, 11) is 1.72. The van der Waals surface area contributed by atoms with E-state index in [4.69, 9.17) is 21.3 Å². The fourth-order valence-corrected chi connectivity index (χ4v) is 2.24. The first-order valence-electron chi connectivity index (χ1n) is 7.57. The molecule has 1 N–H and O–H groups in total. The second-order valence-electron chi connectivity index (χ2n) is 5.90. The van der Waals surface area contributed by atoms with Crippen molar-refractivity contribution in [1.82, 2.24) is 10.3 Å². The lowest BCUT2D eigenvalue weighted by atomic mass is 10.2. The fourth-order valence-electron chi connectivity index (χ4n) is 2.06. The molecule has 0 unspecified atom stereocenters. The lowest BCUT2D eigenvalue weighted by Crippen LogP contribution is -2.34. The summed E-state index contributed by atoms with van der Waals surface area (Å²) in [4.78, 5) is 6.95. The van der Waals surface area contributed by atoms with Gasteiger partial charge in [-0.25, -0.2) is 4.98 Å². The van der Waals surface area contributed by atoms with Gasteiger partial charge in [0.1, 0.15) is 5.82 Å². The van der Waals surface area contributed by atoms with Crippen LogP contribution in [-0.4, -0.2) is 37.8 Å². The van der Waals surface area contributed by atoms with Crippen LogP contribution in [0.25, 0.3) is 0 Å². The summed E-state index contributed by atoms with van der Waals surface area (Å²) in [5, 5.41) is 4.10. The van der Waals surface area contributed by atoms with Crippen LogP contribution in [0.4, 0.5) is 5.82 Å². The molecule has 4 nitrogen and oxygen atoms in total. The number of nitrogens with one attached hydrogen (secondary N) is 1. The summed E-state index contributed by atoms with van der Waals surface area (Å²) in [6.07, 6.45) is 0. The predicted octanol–water partition coefficient (Wildman–Crippen LogP) is 3.34. The van der Waals surface area contributed by atoms with Crippen molar-refractivity contribution in [1.29, 1.82) is 0 Å². The van der Waals surface area contributed by atoms with Crippen molar-refractivity contribution in [2.75, 3.05) is 31.7 Å². The first-order chi connectivity index (χ1) is 9.95. The van der Waals surface area contributed by atoms with Crippen molar-refractivity contribution >= 4 is 17.4 Å². The summed E-state index contributed by atoms with van der Waals surface area (Å²) in [5.41, 5.74) is 0.901. The highest BCUT2D eigenvalue weighted by Crippen LogP contribution is 2.21. The van der Waals surface area contributed by atoms with Gasteiger partial charge in [-0.05, 0) is 38.4 Å². The van der Waals surface area contributed by atoms with Crippen LogP contribution >= 0.6 is 11.6 Å². The molecule has 0 aliphatic rings. The van der Waals surface area contributed by atoms with Crippen molar-refractivity contribution < 1.29 is 4.74 Å².